The molecule has 1 unspecified atom stereocenters. The molecule has 0 bridgehead atoms. The van der Waals surface area contributed by atoms with Crippen molar-refractivity contribution in [1.29, 1.82) is 0 Å². The molecule has 9 nitrogen and oxygen atoms in total. The zero-order valence-electron chi connectivity index (χ0n) is 23.8. The van der Waals surface area contributed by atoms with Gasteiger partial charge < -0.3 is 19.6 Å². The van der Waals surface area contributed by atoms with E-state index in [4.69, 9.17) is 9.26 Å². The van der Waals surface area contributed by atoms with Crippen LogP contribution in [0.1, 0.15) is 61.9 Å². The minimum absolute atomic E-state index is 0.0547. The molecule has 0 aliphatic carbocycles. The van der Waals surface area contributed by atoms with E-state index in [2.05, 4.69) is 25.5 Å². The number of halogens is 5. The number of fused-ring (bicyclic) bond motifs is 1. The highest BCUT2D eigenvalue weighted by Gasteiger charge is 2.37. The lowest BCUT2D eigenvalue weighted by Crippen LogP contribution is -2.39. The molecule has 0 saturated heterocycles. The van der Waals surface area contributed by atoms with E-state index >= 15 is 0 Å². The molecule has 1 atom stereocenters. The summed E-state index contributed by atoms with van der Waals surface area (Å²) in [6, 6.07) is 7.31. The summed E-state index contributed by atoms with van der Waals surface area (Å²) in [4.78, 5) is 20.7. The highest BCUT2D eigenvalue weighted by Crippen LogP contribution is 2.40. The van der Waals surface area contributed by atoms with Crippen LogP contribution in [0.2, 0.25) is 0 Å². The molecule has 1 aliphatic rings. The number of amides is 1. The van der Waals surface area contributed by atoms with Crippen LogP contribution < -0.4 is 10.1 Å². The van der Waals surface area contributed by atoms with Gasteiger partial charge in [0.2, 0.25) is 0 Å². The Morgan fingerprint density at radius 1 is 1.14 bits per heavy atom. The van der Waals surface area contributed by atoms with Crippen molar-refractivity contribution < 1.29 is 36.0 Å². The van der Waals surface area contributed by atoms with Gasteiger partial charge >= 0.3 is 6.18 Å². The van der Waals surface area contributed by atoms with Crippen LogP contribution in [-0.4, -0.2) is 45.4 Å². The van der Waals surface area contributed by atoms with E-state index in [0.29, 0.717) is 30.8 Å². The zero-order valence-corrected chi connectivity index (χ0v) is 23.8. The monoisotopic (exact) mass is 616 g/mol. The number of aromatic amines is 1. The number of nitrogens with zero attached hydrogens (tertiary/aromatic N) is 4. The van der Waals surface area contributed by atoms with Gasteiger partial charge in [0.25, 0.3) is 5.91 Å². The molecule has 44 heavy (non-hydrogen) atoms. The molecule has 232 valence electrons. The summed E-state index contributed by atoms with van der Waals surface area (Å²) in [6.45, 7) is 4.34. The number of ether oxygens (including phenoxy) is 1. The van der Waals surface area contributed by atoms with Gasteiger partial charge in [-0.2, -0.15) is 18.3 Å². The first-order valence-corrected chi connectivity index (χ1v) is 14.0. The molecular weight excluding hydrogens is 587 g/mol. The van der Waals surface area contributed by atoms with Crippen LogP contribution in [0, 0.1) is 11.6 Å². The molecule has 0 saturated carbocycles. The SMILES string of the molecule is CCCCNC(=O)C(c1cc(-c2ccc(OCCC)cc2C(F)(F)F)no1)N1Cc2nc(-c3cccc(F)c3F)[nH]c2C=N1. The lowest BCUT2D eigenvalue weighted by Gasteiger charge is -2.28. The average molecular weight is 617 g/mol. The van der Waals surface area contributed by atoms with Crippen LogP contribution in [0.5, 0.6) is 5.75 Å². The largest absolute Gasteiger partial charge is 0.494 e. The summed E-state index contributed by atoms with van der Waals surface area (Å²) >= 11 is 0. The second kappa shape index (κ2) is 12.9. The molecule has 3 heterocycles. The molecule has 0 fully saturated rings. The van der Waals surface area contributed by atoms with Crippen molar-refractivity contribution in [2.24, 2.45) is 5.10 Å². The maximum absolute atomic E-state index is 14.4. The van der Waals surface area contributed by atoms with Gasteiger partial charge in [-0.05, 0) is 43.2 Å². The number of imidazole rings is 1. The Labute approximate surface area is 249 Å². The summed E-state index contributed by atoms with van der Waals surface area (Å²) in [6.07, 6.45) is -1.22. The summed E-state index contributed by atoms with van der Waals surface area (Å²) < 4.78 is 81.2. The number of hydrogen-bond acceptors (Lipinski definition) is 7. The lowest BCUT2D eigenvalue weighted by molar-refractivity contribution is -0.137. The van der Waals surface area contributed by atoms with Gasteiger partial charge in [-0.15, -0.1) is 0 Å². The summed E-state index contributed by atoms with van der Waals surface area (Å²) in [5.41, 5.74) is -0.634. The molecule has 1 aliphatic heterocycles. The van der Waals surface area contributed by atoms with Crippen molar-refractivity contribution in [3.8, 4) is 28.4 Å². The standard InChI is InChI=1S/C30H29F5N6O3/c1-3-5-11-36-29(42)27(41-16-24-23(15-37-41)38-28(39-24)19-7-6-8-21(31)26(19)32)25-14-22(40-44-25)18-10-9-17(43-12-4-2)13-20(18)30(33,34)35/h6-10,13-15,27H,3-5,11-12,16H2,1-2H3,(H,36,42)(H,38,39). The smallest absolute Gasteiger partial charge is 0.417 e. The first kappa shape index (κ1) is 30.7. The predicted octanol–water partition coefficient (Wildman–Crippen LogP) is 6.62. The Bertz CT molecular complexity index is 1660. The summed E-state index contributed by atoms with van der Waals surface area (Å²) in [7, 11) is 0. The second-order valence-electron chi connectivity index (χ2n) is 10.1. The van der Waals surface area contributed by atoms with Crippen LogP contribution in [-0.2, 0) is 17.5 Å². The summed E-state index contributed by atoms with van der Waals surface area (Å²) in [5.74, 6) is -2.55. The van der Waals surface area contributed by atoms with Crippen molar-refractivity contribution in [1.82, 2.24) is 25.5 Å². The number of hydrogen-bond donors (Lipinski definition) is 2. The number of H-pyrrole nitrogens is 1. The lowest BCUT2D eigenvalue weighted by atomic mass is 10.0. The van der Waals surface area contributed by atoms with Crippen LogP contribution >= 0.6 is 0 Å². The van der Waals surface area contributed by atoms with E-state index in [0.717, 1.165) is 18.6 Å². The Morgan fingerprint density at radius 3 is 2.70 bits per heavy atom. The number of carbonyl (C=O) groups is 1. The molecule has 5 rings (SSSR count). The number of carbonyl (C=O) groups excluding carboxylic acids is 1. The minimum Gasteiger partial charge on any atom is -0.494 e. The van der Waals surface area contributed by atoms with E-state index in [-0.39, 0.29) is 47.3 Å². The molecule has 2 aromatic heterocycles. The number of benzene rings is 2. The number of rotatable bonds is 11. The molecule has 0 spiro atoms. The number of aromatic nitrogens is 3. The van der Waals surface area contributed by atoms with Gasteiger partial charge in [0.05, 0.1) is 41.9 Å². The fraction of sp³-hybridized carbons (Fsp3) is 0.333. The van der Waals surface area contributed by atoms with E-state index in [1.807, 2.05) is 13.8 Å². The van der Waals surface area contributed by atoms with E-state index < -0.39 is 35.3 Å². The van der Waals surface area contributed by atoms with Gasteiger partial charge in [-0.3, -0.25) is 9.80 Å². The van der Waals surface area contributed by atoms with Crippen LogP contribution in [0.25, 0.3) is 22.6 Å². The average Bonchev–Trinajstić information content (AvgIpc) is 3.65. The Morgan fingerprint density at radius 2 is 1.95 bits per heavy atom. The molecule has 2 aromatic carbocycles. The molecule has 2 N–H and O–H groups in total. The third kappa shape index (κ3) is 6.43. The zero-order chi connectivity index (χ0) is 31.4. The fourth-order valence-electron chi connectivity index (χ4n) is 4.68. The van der Waals surface area contributed by atoms with E-state index in [1.54, 1.807) is 0 Å². The maximum Gasteiger partial charge on any atom is 0.417 e. The van der Waals surface area contributed by atoms with E-state index in [9.17, 15) is 26.7 Å². The van der Waals surface area contributed by atoms with Crippen molar-refractivity contribution >= 4 is 12.1 Å². The van der Waals surface area contributed by atoms with Gasteiger partial charge in [0.1, 0.15) is 17.3 Å². The summed E-state index contributed by atoms with van der Waals surface area (Å²) in [5, 5.41) is 12.4. The van der Waals surface area contributed by atoms with Crippen LogP contribution in [0.3, 0.4) is 0 Å². The Kier molecular flexibility index (Phi) is 8.97. The fourth-order valence-corrected chi connectivity index (χ4v) is 4.68. The van der Waals surface area contributed by atoms with Crippen LogP contribution in [0.15, 0.2) is 52.1 Å². The number of alkyl halides is 3. The minimum atomic E-state index is -4.72. The number of unbranched alkanes of at least 4 members (excludes halogenated alkanes) is 1. The Balaban J connectivity index is 1.47. The molecule has 14 heteroatoms. The number of nitrogens with one attached hydrogen (secondary N) is 2. The van der Waals surface area contributed by atoms with Gasteiger partial charge in [-0.25, -0.2) is 13.8 Å². The van der Waals surface area contributed by atoms with Crippen molar-refractivity contribution in [3.05, 3.63) is 76.8 Å². The topological polar surface area (TPSA) is 109 Å². The third-order valence-electron chi connectivity index (χ3n) is 6.88. The Hall–Kier alpha value is -4.75. The predicted molar refractivity (Wildman–Crippen MR) is 150 cm³/mol. The normalized spacial score (nSPS) is 13.6. The van der Waals surface area contributed by atoms with Gasteiger partial charge in [-0.1, -0.05) is 31.5 Å². The molecule has 1 amide bonds. The van der Waals surface area contributed by atoms with Crippen molar-refractivity contribution in [3.63, 3.8) is 0 Å². The van der Waals surface area contributed by atoms with Crippen LogP contribution in [0.4, 0.5) is 22.0 Å². The second-order valence-corrected chi connectivity index (χ2v) is 10.1. The highest BCUT2D eigenvalue weighted by atomic mass is 19.4. The molecule has 0 radical (unpaired) electrons. The van der Waals surface area contributed by atoms with Crippen molar-refractivity contribution in [2.45, 2.75) is 51.9 Å². The van der Waals surface area contributed by atoms with Gasteiger partial charge in [0.15, 0.2) is 23.4 Å². The quantitative estimate of drug-likeness (QED) is 0.145. The third-order valence-corrected chi connectivity index (χ3v) is 6.88. The van der Waals surface area contributed by atoms with Gasteiger partial charge in [0, 0.05) is 18.2 Å². The van der Waals surface area contributed by atoms with Crippen molar-refractivity contribution in [2.75, 3.05) is 13.2 Å². The molecule has 4 aromatic rings. The first-order valence-electron chi connectivity index (χ1n) is 14.0. The number of hydrazone groups is 1. The molecular formula is C30H29F5N6O3. The maximum atomic E-state index is 14.4. The highest BCUT2D eigenvalue weighted by molar-refractivity contribution is 5.85. The van der Waals surface area contributed by atoms with E-state index in [1.165, 1.54) is 41.6 Å². The first-order chi connectivity index (χ1) is 21.1.